The first-order valence-corrected chi connectivity index (χ1v) is 19.8. The molecule has 7 unspecified atom stereocenters. The Kier molecular flexibility index (Phi) is 9.63. The van der Waals surface area contributed by atoms with E-state index < -0.39 is 94.4 Å². The standard InChI is InChI=1S/C34H39F4IO11S/c1-14(2)32(50-26-18-8-15-7-16(10-18)11-19(26)9-15)47-23-12-17(3-4-22(23)39)29(40)48-27-20-13-21-25(31(42)49-28(21)27)24(20)30(41)46-6-5-33(35,36)34(37,38)51(43,44)45/h3-4,12,14-16,18-21,24-28,32H,5-11,13H2,1-2H3,(H,43,44,45)/p-1. The molecule has 6 saturated carbocycles. The fourth-order valence-electron chi connectivity index (χ4n) is 9.78. The van der Waals surface area contributed by atoms with Crippen LogP contribution in [0.25, 0.3) is 0 Å². The van der Waals surface area contributed by atoms with E-state index in [1.165, 1.54) is 32.1 Å². The first kappa shape index (κ1) is 37.1. The van der Waals surface area contributed by atoms with E-state index in [9.17, 15) is 44.9 Å². The monoisotopic (exact) mass is 857 g/mol. The van der Waals surface area contributed by atoms with E-state index in [1.807, 2.05) is 13.8 Å². The van der Waals surface area contributed by atoms with Gasteiger partial charge in [-0.15, -0.1) is 0 Å². The van der Waals surface area contributed by atoms with Gasteiger partial charge in [0.2, 0.25) is 6.29 Å². The Balaban J connectivity index is 1.01. The minimum Gasteiger partial charge on any atom is -0.743 e. The molecular weight excluding hydrogens is 819 g/mol. The van der Waals surface area contributed by atoms with Crippen molar-refractivity contribution in [2.45, 2.75) is 94.6 Å². The molecule has 0 N–H and O–H groups in total. The molecule has 0 spiro atoms. The van der Waals surface area contributed by atoms with Crippen molar-refractivity contribution in [2.75, 3.05) is 6.61 Å². The molecule has 1 aliphatic heterocycles. The Bertz CT molecular complexity index is 1660. The zero-order valence-corrected chi connectivity index (χ0v) is 30.7. The lowest BCUT2D eigenvalue weighted by molar-refractivity contribution is -0.211. The number of halogens is 5. The fourth-order valence-corrected chi connectivity index (χ4v) is 10.7. The van der Waals surface area contributed by atoms with Crippen LogP contribution in [0.3, 0.4) is 0 Å². The summed E-state index contributed by atoms with van der Waals surface area (Å²) in [5, 5.41) is -5.93. The predicted molar refractivity (Wildman–Crippen MR) is 173 cm³/mol. The van der Waals surface area contributed by atoms with Crippen LogP contribution in [0.4, 0.5) is 17.6 Å². The van der Waals surface area contributed by atoms with E-state index in [0.29, 0.717) is 17.6 Å². The minimum absolute atomic E-state index is 0.00626. The Morgan fingerprint density at radius 2 is 1.65 bits per heavy atom. The number of carbonyl (C=O) groups is 3. The molecule has 1 aromatic rings. The Hall–Kier alpha value is -2.25. The van der Waals surface area contributed by atoms with Crippen LogP contribution in [0.2, 0.25) is 0 Å². The van der Waals surface area contributed by atoms with Gasteiger partial charge in [-0.3, -0.25) is 9.59 Å². The van der Waals surface area contributed by atoms with Crippen molar-refractivity contribution in [3.05, 3.63) is 27.3 Å². The quantitative estimate of drug-likeness (QED) is 0.0615. The summed E-state index contributed by atoms with van der Waals surface area (Å²) in [5.41, 5.74) is 0.127. The molecular formula is C34H38F4IO11S-. The molecule has 17 heteroatoms. The van der Waals surface area contributed by atoms with Gasteiger partial charge in [0, 0.05) is 17.8 Å². The average Bonchev–Trinajstić information content (AvgIpc) is 3.66. The SMILES string of the molecule is CC(C)C(Oc1cc(C(=O)OC2C3CC4C2OC(=O)C4C3C(=O)OCCC(F)(F)C(F)(F)S(=O)(=O)[O-])ccc1I)OC1C2CC3CC(C2)CC1C3. The van der Waals surface area contributed by atoms with Crippen LogP contribution in [0, 0.1) is 56.8 Å². The lowest BCUT2D eigenvalue weighted by Crippen LogP contribution is -2.51. The molecule has 0 radical (unpaired) electrons. The highest BCUT2D eigenvalue weighted by Gasteiger charge is 2.70. The number of benzene rings is 1. The van der Waals surface area contributed by atoms with E-state index in [4.69, 9.17) is 23.7 Å². The highest BCUT2D eigenvalue weighted by molar-refractivity contribution is 14.1. The number of hydrogen-bond donors (Lipinski definition) is 0. The molecule has 7 atom stereocenters. The molecule has 7 aliphatic rings. The molecule has 6 aliphatic carbocycles. The number of hydrogen-bond acceptors (Lipinski definition) is 11. The van der Waals surface area contributed by atoms with Crippen LogP contribution in [0.1, 0.15) is 69.2 Å². The number of carbonyl (C=O) groups excluding carboxylic acids is 3. The van der Waals surface area contributed by atoms with Crippen molar-refractivity contribution in [3.8, 4) is 5.75 Å². The van der Waals surface area contributed by atoms with Gasteiger partial charge in [0.05, 0.1) is 40.1 Å². The van der Waals surface area contributed by atoms with Crippen molar-refractivity contribution in [1.82, 2.24) is 0 Å². The van der Waals surface area contributed by atoms with Crippen molar-refractivity contribution in [1.29, 1.82) is 0 Å². The third kappa shape index (κ3) is 6.53. The second-order valence-corrected chi connectivity index (χ2v) is 18.0. The van der Waals surface area contributed by atoms with Crippen LogP contribution >= 0.6 is 22.6 Å². The van der Waals surface area contributed by atoms with E-state index in [2.05, 4.69) is 22.6 Å². The normalized spacial score (nSPS) is 35.6. The third-order valence-corrected chi connectivity index (χ3v) is 13.7. The zero-order chi connectivity index (χ0) is 36.8. The van der Waals surface area contributed by atoms with Crippen LogP contribution in [0.5, 0.6) is 5.75 Å². The smallest absolute Gasteiger partial charge is 0.396 e. The van der Waals surface area contributed by atoms with Crippen LogP contribution in [-0.2, 0) is 38.7 Å². The van der Waals surface area contributed by atoms with Gasteiger partial charge >= 0.3 is 29.1 Å². The van der Waals surface area contributed by atoms with Gasteiger partial charge in [-0.25, -0.2) is 13.2 Å². The van der Waals surface area contributed by atoms with Gasteiger partial charge < -0.3 is 28.2 Å². The summed E-state index contributed by atoms with van der Waals surface area (Å²) < 4.78 is 117. The van der Waals surface area contributed by atoms with Crippen LogP contribution < -0.4 is 4.74 Å². The molecule has 11 nitrogen and oxygen atoms in total. The molecule has 8 rings (SSSR count). The largest absolute Gasteiger partial charge is 0.743 e. The molecule has 51 heavy (non-hydrogen) atoms. The van der Waals surface area contributed by atoms with Gasteiger partial charge in [-0.1, -0.05) is 13.8 Å². The molecule has 282 valence electrons. The molecule has 0 aromatic heterocycles. The number of fused-ring (bicyclic) bond motifs is 1. The molecule has 1 aromatic carbocycles. The van der Waals surface area contributed by atoms with Crippen LogP contribution in [-0.4, -0.2) is 73.3 Å². The highest BCUT2D eigenvalue weighted by atomic mass is 127. The summed E-state index contributed by atoms with van der Waals surface area (Å²) >= 11 is 2.10. The minimum atomic E-state index is -6.71. The lowest BCUT2D eigenvalue weighted by Gasteiger charge is -2.54. The lowest BCUT2D eigenvalue weighted by atomic mass is 9.55. The summed E-state index contributed by atoms with van der Waals surface area (Å²) in [6.45, 7) is 2.66. The molecule has 0 amide bonds. The van der Waals surface area contributed by atoms with Crippen molar-refractivity contribution in [2.24, 2.45) is 53.3 Å². The van der Waals surface area contributed by atoms with Gasteiger partial charge in [0.15, 0.2) is 10.1 Å². The topological polar surface area (TPSA) is 155 Å². The van der Waals surface area contributed by atoms with E-state index in [1.54, 1.807) is 18.2 Å². The summed E-state index contributed by atoms with van der Waals surface area (Å²) in [6, 6.07) is 4.78. The predicted octanol–water partition coefficient (Wildman–Crippen LogP) is 5.53. The molecule has 6 bridgehead atoms. The number of alkyl halides is 4. The maximum Gasteiger partial charge on any atom is 0.396 e. The Morgan fingerprint density at radius 1 is 1.00 bits per heavy atom. The fraction of sp³-hybridized carbons (Fsp3) is 0.735. The van der Waals surface area contributed by atoms with E-state index in [0.717, 1.165) is 15.4 Å². The molecule has 1 saturated heterocycles. The maximum atomic E-state index is 13.9. The summed E-state index contributed by atoms with van der Waals surface area (Å²) in [6.07, 6.45) is 1.92. The maximum absolute atomic E-state index is 13.9. The average molecular weight is 858 g/mol. The number of esters is 3. The van der Waals surface area contributed by atoms with Crippen LogP contribution in [0.15, 0.2) is 18.2 Å². The summed E-state index contributed by atoms with van der Waals surface area (Å²) in [4.78, 5) is 39.3. The Labute approximate surface area is 305 Å². The number of rotatable bonds is 13. The summed E-state index contributed by atoms with van der Waals surface area (Å²) in [7, 11) is -6.71. The van der Waals surface area contributed by atoms with E-state index in [-0.39, 0.29) is 24.0 Å². The second-order valence-electron chi connectivity index (χ2n) is 15.4. The number of ether oxygens (including phenoxy) is 5. The molecule has 1 heterocycles. The van der Waals surface area contributed by atoms with E-state index >= 15 is 0 Å². The van der Waals surface area contributed by atoms with Gasteiger partial charge in [-0.05, 0) is 103 Å². The summed E-state index contributed by atoms with van der Waals surface area (Å²) in [5.74, 6) is -8.71. The van der Waals surface area contributed by atoms with Crippen molar-refractivity contribution in [3.63, 3.8) is 0 Å². The Morgan fingerprint density at radius 3 is 2.25 bits per heavy atom. The zero-order valence-electron chi connectivity index (χ0n) is 27.7. The van der Waals surface area contributed by atoms with Gasteiger partial charge in [0.1, 0.15) is 18.0 Å². The second kappa shape index (κ2) is 13.2. The van der Waals surface area contributed by atoms with Crippen molar-refractivity contribution < 1.29 is 68.6 Å². The molecule has 7 fully saturated rings. The highest BCUT2D eigenvalue weighted by Crippen LogP contribution is 2.59. The van der Waals surface area contributed by atoms with Gasteiger partial charge in [0.25, 0.3) is 0 Å². The third-order valence-electron chi connectivity index (χ3n) is 11.8. The first-order chi connectivity index (χ1) is 23.9. The van der Waals surface area contributed by atoms with Crippen molar-refractivity contribution >= 4 is 50.6 Å². The van der Waals surface area contributed by atoms with Gasteiger partial charge in [-0.2, -0.15) is 17.6 Å². The first-order valence-electron chi connectivity index (χ1n) is 17.3.